The molecule has 0 spiro atoms. The van der Waals surface area contributed by atoms with E-state index >= 15 is 0 Å². The van der Waals surface area contributed by atoms with Crippen LogP contribution in [-0.4, -0.2) is 27.5 Å². The molecule has 3 aromatic rings. The normalized spacial score (nSPS) is 11.1. The third-order valence-electron chi connectivity index (χ3n) is 4.50. The van der Waals surface area contributed by atoms with E-state index in [0.717, 1.165) is 5.56 Å². The van der Waals surface area contributed by atoms with Gasteiger partial charge < -0.3 is 14.8 Å². The number of ether oxygens (including phenoxy) is 2. The molecule has 0 aromatic heterocycles. The summed E-state index contributed by atoms with van der Waals surface area (Å²) in [6.45, 7) is 4.18. The summed E-state index contributed by atoms with van der Waals surface area (Å²) < 4.78 is 38.4. The van der Waals surface area contributed by atoms with E-state index in [9.17, 15) is 13.2 Å². The average molecular weight is 455 g/mol. The maximum Gasteiger partial charge on any atom is 0.261 e. The molecular formula is C24H26N2O5S. The van der Waals surface area contributed by atoms with Gasteiger partial charge in [0.15, 0.2) is 11.5 Å². The third-order valence-corrected chi connectivity index (χ3v) is 5.89. The molecule has 168 valence electrons. The number of sulfonamides is 1. The largest absolute Gasteiger partial charge is 0.493 e. The monoisotopic (exact) mass is 454 g/mol. The Morgan fingerprint density at radius 2 is 1.62 bits per heavy atom. The van der Waals surface area contributed by atoms with Crippen LogP contribution in [0.25, 0.3) is 0 Å². The van der Waals surface area contributed by atoms with Gasteiger partial charge in [-0.15, -0.1) is 0 Å². The van der Waals surface area contributed by atoms with E-state index in [1.165, 1.54) is 12.1 Å². The minimum atomic E-state index is -3.68. The SMILES string of the molecule is COc1cc(CNC(=O)c2ccc(NS(=O)(=O)c3ccccc3)cc2)ccc1OC(C)C. The van der Waals surface area contributed by atoms with Crippen LogP contribution in [0.2, 0.25) is 0 Å². The van der Waals surface area contributed by atoms with Gasteiger partial charge >= 0.3 is 0 Å². The zero-order chi connectivity index (χ0) is 23.1. The lowest BCUT2D eigenvalue weighted by atomic mass is 10.1. The minimum Gasteiger partial charge on any atom is -0.493 e. The van der Waals surface area contributed by atoms with Gasteiger partial charge in [0.05, 0.1) is 18.1 Å². The van der Waals surface area contributed by atoms with Crippen molar-refractivity contribution in [3.8, 4) is 11.5 Å². The summed E-state index contributed by atoms with van der Waals surface area (Å²) in [5, 5.41) is 2.85. The zero-order valence-corrected chi connectivity index (χ0v) is 19.0. The second-order valence-electron chi connectivity index (χ2n) is 7.33. The van der Waals surface area contributed by atoms with Crippen molar-refractivity contribution in [1.29, 1.82) is 0 Å². The first-order chi connectivity index (χ1) is 15.3. The molecule has 0 aliphatic rings. The zero-order valence-electron chi connectivity index (χ0n) is 18.2. The second-order valence-corrected chi connectivity index (χ2v) is 9.01. The van der Waals surface area contributed by atoms with Crippen LogP contribution in [0.15, 0.2) is 77.7 Å². The molecule has 1 amide bonds. The molecule has 3 rings (SSSR count). The van der Waals surface area contributed by atoms with E-state index in [0.29, 0.717) is 29.3 Å². The maximum atomic E-state index is 12.5. The van der Waals surface area contributed by atoms with Crippen LogP contribution >= 0.6 is 0 Å². The van der Waals surface area contributed by atoms with E-state index in [-0.39, 0.29) is 16.9 Å². The Morgan fingerprint density at radius 1 is 0.938 bits per heavy atom. The van der Waals surface area contributed by atoms with Crippen LogP contribution in [-0.2, 0) is 16.6 Å². The van der Waals surface area contributed by atoms with Gasteiger partial charge in [0.2, 0.25) is 0 Å². The van der Waals surface area contributed by atoms with Crippen molar-refractivity contribution in [2.45, 2.75) is 31.4 Å². The van der Waals surface area contributed by atoms with Gasteiger partial charge in [-0.05, 0) is 67.9 Å². The molecule has 0 heterocycles. The number of carbonyl (C=O) groups is 1. The number of methoxy groups -OCH3 is 1. The Kier molecular flexibility index (Phi) is 7.37. The fraction of sp³-hybridized carbons (Fsp3) is 0.208. The molecule has 0 bridgehead atoms. The molecule has 32 heavy (non-hydrogen) atoms. The van der Waals surface area contributed by atoms with Gasteiger partial charge in [-0.2, -0.15) is 0 Å². The highest BCUT2D eigenvalue weighted by Crippen LogP contribution is 2.29. The van der Waals surface area contributed by atoms with Gasteiger partial charge in [0, 0.05) is 17.8 Å². The van der Waals surface area contributed by atoms with E-state index in [2.05, 4.69) is 10.0 Å². The molecule has 7 nitrogen and oxygen atoms in total. The Labute approximate surface area is 188 Å². The van der Waals surface area contributed by atoms with Crippen LogP contribution in [0.5, 0.6) is 11.5 Å². The van der Waals surface area contributed by atoms with E-state index < -0.39 is 10.0 Å². The summed E-state index contributed by atoms with van der Waals surface area (Å²) >= 11 is 0. The summed E-state index contributed by atoms with van der Waals surface area (Å²) in [5.41, 5.74) is 1.65. The summed E-state index contributed by atoms with van der Waals surface area (Å²) in [6, 6.07) is 19.8. The fourth-order valence-corrected chi connectivity index (χ4v) is 4.04. The van der Waals surface area contributed by atoms with Crippen molar-refractivity contribution < 1.29 is 22.7 Å². The molecule has 0 aliphatic heterocycles. The number of hydrogen-bond donors (Lipinski definition) is 2. The van der Waals surface area contributed by atoms with Crippen molar-refractivity contribution in [3.05, 3.63) is 83.9 Å². The summed E-state index contributed by atoms with van der Waals surface area (Å²) in [6.07, 6.45) is 0.0228. The van der Waals surface area contributed by atoms with Crippen molar-refractivity contribution in [3.63, 3.8) is 0 Å². The van der Waals surface area contributed by atoms with Crippen LogP contribution in [0.1, 0.15) is 29.8 Å². The standard InChI is InChI=1S/C24H26N2O5S/c1-17(2)31-22-14-9-18(15-23(22)30-3)16-25-24(27)19-10-12-20(13-11-19)26-32(28,29)21-7-5-4-6-8-21/h4-15,17,26H,16H2,1-3H3,(H,25,27). The number of benzene rings is 3. The van der Waals surface area contributed by atoms with Gasteiger partial charge in [-0.25, -0.2) is 8.42 Å². The molecule has 2 N–H and O–H groups in total. The number of hydrogen-bond acceptors (Lipinski definition) is 5. The second kappa shape index (κ2) is 10.2. The molecule has 8 heteroatoms. The molecule has 0 fully saturated rings. The Morgan fingerprint density at radius 3 is 2.25 bits per heavy atom. The molecule has 0 saturated carbocycles. The smallest absolute Gasteiger partial charge is 0.261 e. The van der Waals surface area contributed by atoms with Gasteiger partial charge in [0.25, 0.3) is 15.9 Å². The maximum absolute atomic E-state index is 12.5. The first-order valence-corrected chi connectivity index (χ1v) is 11.6. The van der Waals surface area contributed by atoms with Gasteiger partial charge in [-0.3, -0.25) is 9.52 Å². The Balaban J connectivity index is 1.62. The van der Waals surface area contributed by atoms with Crippen LogP contribution in [0.3, 0.4) is 0 Å². The van der Waals surface area contributed by atoms with E-state index in [1.807, 2.05) is 32.0 Å². The Hall–Kier alpha value is -3.52. The summed E-state index contributed by atoms with van der Waals surface area (Å²) in [7, 11) is -2.12. The highest BCUT2D eigenvalue weighted by molar-refractivity contribution is 7.92. The topological polar surface area (TPSA) is 93.7 Å². The van der Waals surface area contributed by atoms with Crippen LogP contribution in [0, 0.1) is 0 Å². The Bertz CT molecular complexity index is 1160. The molecule has 0 saturated heterocycles. The molecule has 3 aromatic carbocycles. The predicted molar refractivity (Wildman–Crippen MR) is 124 cm³/mol. The highest BCUT2D eigenvalue weighted by Gasteiger charge is 2.14. The number of nitrogens with one attached hydrogen (secondary N) is 2. The predicted octanol–water partition coefficient (Wildman–Crippen LogP) is 4.21. The third kappa shape index (κ3) is 6.01. The lowest BCUT2D eigenvalue weighted by molar-refractivity contribution is 0.0951. The lowest BCUT2D eigenvalue weighted by Crippen LogP contribution is -2.22. The van der Waals surface area contributed by atoms with Crippen molar-refractivity contribution >= 4 is 21.6 Å². The quantitative estimate of drug-likeness (QED) is 0.505. The summed E-state index contributed by atoms with van der Waals surface area (Å²) in [4.78, 5) is 12.7. The summed E-state index contributed by atoms with van der Waals surface area (Å²) in [5.74, 6) is 0.968. The number of anilines is 1. The molecule has 0 aliphatic carbocycles. The van der Waals surface area contributed by atoms with Crippen molar-refractivity contribution in [2.75, 3.05) is 11.8 Å². The fourth-order valence-electron chi connectivity index (χ4n) is 2.96. The average Bonchev–Trinajstić information content (AvgIpc) is 2.78. The van der Waals surface area contributed by atoms with E-state index in [1.54, 1.807) is 49.6 Å². The number of carbonyl (C=O) groups excluding carboxylic acids is 1. The number of amides is 1. The number of rotatable bonds is 9. The first-order valence-electron chi connectivity index (χ1n) is 10.1. The molecular weight excluding hydrogens is 428 g/mol. The minimum absolute atomic E-state index is 0.0228. The molecule has 0 atom stereocenters. The lowest BCUT2D eigenvalue weighted by Gasteiger charge is -2.15. The highest BCUT2D eigenvalue weighted by atomic mass is 32.2. The van der Waals surface area contributed by atoms with Crippen molar-refractivity contribution in [2.24, 2.45) is 0 Å². The van der Waals surface area contributed by atoms with Crippen molar-refractivity contribution in [1.82, 2.24) is 5.32 Å². The van der Waals surface area contributed by atoms with Crippen LogP contribution < -0.4 is 19.5 Å². The molecule has 0 radical (unpaired) electrons. The first kappa shape index (κ1) is 23.1. The van der Waals surface area contributed by atoms with Gasteiger partial charge in [-0.1, -0.05) is 24.3 Å². The van der Waals surface area contributed by atoms with Gasteiger partial charge in [0.1, 0.15) is 0 Å². The van der Waals surface area contributed by atoms with Crippen LogP contribution in [0.4, 0.5) is 5.69 Å². The van der Waals surface area contributed by atoms with E-state index in [4.69, 9.17) is 9.47 Å². The molecule has 0 unspecified atom stereocenters.